The van der Waals surface area contributed by atoms with Gasteiger partial charge in [-0.2, -0.15) is 0 Å². The molecule has 0 aliphatic rings. The quantitative estimate of drug-likeness (QED) is 0.380. The van der Waals surface area contributed by atoms with Crippen LogP contribution in [0.3, 0.4) is 0 Å². The van der Waals surface area contributed by atoms with E-state index in [9.17, 15) is 4.79 Å². The van der Waals surface area contributed by atoms with Gasteiger partial charge in [0.05, 0.1) is 0 Å². The van der Waals surface area contributed by atoms with E-state index in [4.69, 9.17) is 4.74 Å². The number of hydrogen-bond donors (Lipinski definition) is 3. The number of rotatable bonds is 8. The molecule has 1 rings (SSSR count). The minimum atomic E-state index is -0.474. The Hall–Kier alpha value is -2.31. The summed E-state index contributed by atoms with van der Waals surface area (Å²) >= 11 is 0. The van der Waals surface area contributed by atoms with E-state index < -0.39 is 11.7 Å². The van der Waals surface area contributed by atoms with Crippen molar-refractivity contribution in [1.82, 2.24) is 20.9 Å². The Morgan fingerprint density at radius 2 is 2.00 bits per heavy atom. The SMILES string of the molecule is CCNC(=NCCCNC(=O)OC(C)(C)C)NCCc1ccccn1. The minimum Gasteiger partial charge on any atom is -0.444 e. The molecule has 0 saturated heterocycles. The van der Waals surface area contributed by atoms with Gasteiger partial charge in [0.15, 0.2) is 5.96 Å². The molecular weight excluding hydrogens is 318 g/mol. The fourth-order valence-electron chi connectivity index (χ4n) is 1.97. The average molecular weight is 349 g/mol. The highest BCUT2D eigenvalue weighted by molar-refractivity contribution is 5.79. The van der Waals surface area contributed by atoms with Crippen LogP contribution in [0.25, 0.3) is 0 Å². The highest BCUT2D eigenvalue weighted by Crippen LogP contribution is 2.06. The van der Waals surface area contributed by atoms with Crippen LogP contribution in [0.1, 0.15) is 39.8 Å². The van der Waals surface area contributed by atoms with Gasteiger partial charge >= 0.3 is 6.09 Å². The van der Waals surface area contributed by atoms with Gasteiger partial charge in [-0.15, -0.1) is 0 Å². The topological polar surface area (TPSA) is 87.6 Å². The number of hydrogen-bond acceptors (Lipinski definition) is 4. The number of amides is 1. The van der Waals surface area contributed by atoms with Gasteiger partial charge in [-0.1, -0.05) is 6.07 Å². The van der Waals surface area contributed by atoms with Crippen molar-refractivity contribution in [1.29, 1.82) is 0 Å². The summed E-state index contributed by atoms with van der Waals surface area (Å²) in [5, 5.41) is 9.22. The number of ether oxygens (including phenoxy) is 1. The largest absolute Gasteiger partial charge is 0.444 e. The van der Waals surface area contributed by atoms with Gasteiger partial charge in [0.2, 0.25) is 0 Å². The molecular formula is C18H31N5O2. The molecule has 1 amide bonds. The molecule has 0 bridgehead atoms. The molecule has 0 spiro atoms. The predicted molar refractivity (Wildman–Crippen MR) is 101 cm³/mol. The normalized spacial score (nSPS) is 11.8. The fraction of sp³-hybridized carbons (Fsp3) is 0.611. The van der Waals surface area contributed by atoms with E-state index in [-0.39, 0.29) is 0 Å². The van der Waals surface area contributed by atoms with Gasteiger partial charge in [-0.3, -0.25) is 9.98 Å². The summed E-state index contributed by atoms with van der Waals surface area (Å²) in [7, 11) is 0. The first-order valence-corrected chi connectivity index (χ1v) is 8.79. The van der Waals surface area contributed by atoms with Crippen LogP contribution in [0, 0.1) is 0 Å². The molecule has 7 heteroatoms. The molecule has 1 aromatic rings. The molecule has 25 heavy (non-hydrogen) atoms. The van der Waals surface area contributed by atoms with Crippen molar-refractivity contribution in [3.05, 3.63) is 30.1 Å². The number of aromatic nitrogens is 1. The van der Waals surface area contributed by atoms with Gasteiger partial charge < -0.3 is 20.7 Å². The first-order valence-electron chi connectivity index (χ1n) is 8.79. The molecule has 0 fully saturated rings. The Bertz CT molecular complexity index is 526. The zero-order valence-corrected chi connectivity index (χ0v) is 15.8. The zero-order chi connectivity index (χ0) is 18.5. The molecule has 3 N–H and O–H groups in total. The molecule has 0 aliphatic heterocycles. The monoisotopic (exact) mass is 349 g/mol. The number of pyridine rings is 1. The Kier molecular flexibility index (Phi) is 9.36. The molecule has 7 nitrogen and oxygen atoms in total. The Morgan fingerprint density at radius 1 is 1.20 bits per heavy atom. The summed E-state index contributed by atoms with van der Waals surface area (Å²) in [6.45, 7) is 10.3. The summed E-state index contributed by atoms with van der Waals surface area (Å²) in [6, 6.07) is 5.90. The van der Waals surface area contributed by atoms with Crippen LogP contribution in [-0.4, -0.2) is 48.8 Å². The summed E-state index contributed by atoms with van der Waals surface area (Å²) < 4.78 is 5.18. The number of guanidine groups is 1. The van der Waals surface area contributed by atoms with Gasteiger partial charge in [0.25, 0.3) is 0 Å². The summed E-state index contributed by atoms with van der Waals surface area (Å²) in [6.07, 6.45) is 2.99. The minimum absolute atomic E-state index is 0.392. The number of alkyl carbamates (subject to hydrolysis) is 1. The van der Waals surface area contributed by atoms with Crippen molar-refractivity contribution in [3.8, 4) is 0 Å². The van der Waals surface area contributed by atoms with E-state index in [1.165, 1.54) is 0 Å². The first kappa shape index (κ1) is 20.7. The maximum atomic E-state index is 11.5. The summed E-state index contributed by atoms with van der Waals surface area (Å²) in [4.78, 5) is 20.3. The van der Waals surface area contributed by atoms with Crippen LogP contribution in [-0.2, 0) is 11.2 Å². The highest BCUT2D eigenvalue weighted by Gasteiger charge is 2.15. The van der Waals surface area contributed by atoms with Crippen molar-refractivity contribution in [3.63, 3.8) is 0 Å². The van der Waals surface area contributed by atoms with E-state index in [0.29, 0.717) is 13.1 Å². The molecule has 0 unspecified atom stereocenters. The van der Waals surface area contributed by atoms with Crippen molar-refractivity contribution in [2.24, 2.45) is 4.99 Å². The third kappa shape index (κ3) is 11.0. The molecule has 0 saturated carbocycles. The molecule has 140 valence electrons. The van der Waals surface area contributed by atoms with Crippen LogP contribution in [0.4, 0.5) is 4.79 Å². The Balaban J connectivity index is 2.24. The lowest BCUT2D eigenvalue weighted by Crippen LogP contribution is -2.38. The maximum Gasteiger partial charge on any atom is 0.407 e. The molecule has 0 aromatic carbocycles. The summed E-state index contributed by atoms with van der Waals surface area (Å²) in [5.74, 6) is 0.774. The number of carbonyl (C=O) groups excluding carboxylic acids is 1. The van der Waals surface area contributed by atoms with Crippen molar-refractivity contribution >= 4 is 12.1 Å². The van der Waals surface area contributed by atoms with Crippen molar-refractivity contribution < 1.29 is 9.53 Å². The van der Waals surface area contributed by atoms with Gasteiger partial charge in [0.1, 0.15) is 5.60 Å². The average Bonchev–Trinajstić information content (AvgIpc) is 2.54. The van der Waals surface area contributed by atoms with E-state index >= 15 is 0 Å². The van der Waals surface area contributed by atoms with Crippen molar-refractivity contribution in [2.75, 3.05) is 26.2 Å². The predicted octanol–water partition coefficient (Wildman–Crippen LogP) is 2.09. The standard InChI is InChI=1S/C18H31N5O2/c1-5-19-16(22-14-10-15-9-6-7-11-20-15)21-12-8-13-23-17(24)25-18(2,3)4/h6-7,9,11H,5,8,10,12-14H2,1-4H3,(H,23,24)(H2,19,21,22). The smallest absolute Gasteiger partial charge is 0.407 e. The van der Waals surface area contributed by atoms with Crippen LogP contribution in [0.15, 0.2) is 29.4 Å². The first-order chi connectivity index (χ1) is 11.9. The molecule has 1 aromatic heterocycles. The molecule has 0 radical (unpaired) electrons. The van der Waals surface area contributed by atoms with Gasteiger partial charge in [-0.05, 0) is 46.2 Å². The van der Waals surface area contributed by atoms with Crippen LogP contribution < -0.4 is 16.0 Å². The van der Waals surface area contributed by atoms with Crippen LogP contribution in [0.2, 0.25) is 0 Å². The van der Waals surface area contributed by atoms with Crippen LogP contribution >= 0.6 is 0 Å². The second-order valence-electron chi connectivity index (χ2n) is 6.54. The summed E-state index contributed by atoms with van der Waals surface area (Å²) in [5.41, 5.74) is 0.574. The van der Waals surface area contributed by atoms with Gasteiger partial charge in [0, 0.05) is 44.5 Å². The number of nitrogens with zero attached hydrogens (tertiary/aromatic N) is 2. The van der Waals surface area contributed by atoms with E-state index in [1.807, 2.05) is 45.9 Å². The molecule has 0 aliphatic carbocycles. The van der Waals surface area contributed by atoms with E-state index in [2.05, 4.69) is 25.9 Å². The second kappa shape index (κ2) is 11.3. The number of nitrogens with one attached hydrogen (secondary N) is 3. The zero-order valence-electron chi connectivity index (χ0n) is 15.8. The van der Waals surface area contributed by atoms with Gasteiger partial charge in [-0.25, -0.2) is 4.79 Å². The van der Waals surface area contributed by atoms with E-state index in [0.717, 1.165) is 37.6 Å². The highest BCUT2D eigenvalue weighted by atomic mass is 16.6. The molecule has 1 heterocycles. The lowest BCUT2D eigenvalue weighted by molar-refractivity contribution is 0.0527. The Labute approximate surface area is 150 Å². The lowest BCUT2D eigenvalue weighted by Gasteiger charge is -2.19. The molecule has 0 atom stereocenters. The second-order valence-corrected chi connectivity index (χ2v) is 6.54. The lowest BCUT2D eigenvalue weighted by atomic mass is 10.2. The number of carbonyl (C=O) groups is 1. The Morgan fingerprint density at radius 3 is 2.64 bits per heavy atom. The van der Waals surface area contributed by atoms with Crippen LogP contribution in [0.5, 0.6) is 0 Å². The maximum absolute atomic E-state index is 11.5. The third-order valence-corrected chi connectivity index (χ3v) is 3.02. The van der Waals surface area contributed by atoms with Crippen molar-refractivity contribution in [2.45, 2.75) is 46.1 Å². The number of aliphatic imine (C=N–C) groups is 1. The third-order valence-electron chi connectivity index (χ3n) is 3.02. The fourth-order valence-corrected chi connectivity index (χ4v) is 1.97. The van der Waals surface area contributed by atoms with E-state index in [1.54, 1.807) is 6.20 Å².